The third-order valence-electron chi connectivity index (χ3n) is 6.66. The van der Waals surface area contributed by atoms with Crippen molar-refractivity contribution in [2.75, 3.05) is 20.7 Å². The summed E-state index contributed by atoms with van der Waals surface area (Å²) >= 11 is 0. The third-order valence-corrected chi connectivity index (χ3v) is 11.7. The monoisotopic (exact) mass is 455 g/mol. The van der Waals surface area contributed by atoms with Crippen molar-refractivity contribution in [2.24, 2.45) is 0 Å². The lowest BCUT2D eigenvalue weighted by Crippen LogP contribution is -2.67. The Balaban J connectivity index is 1.96. The summed E-state index contributed by atoms with van der Waals surface area (Å²) in [4.78, 5) is 13.8. The molecule has 174 valence electrons. The van der Waals surface area contributed by atoms with E-state index in [1.165, 1.54) is 17.3 Å². The number of nitrogens with zero attached hydrogens (tertiary/aromatic N) is 1. The fourth-order valence-corrected chi connectivity index (χ4v) is 9.29. The van der Waals surface area contributed by atoms with Gasteiger partial charge in [-0.05, 0) is 36.4 Å². The Morgan fingerprint density at radius 3 is 1.97 bits per heavy atom. The van der Waals surface area contributed by atoms with Crippen LogP contribution < -0.4 is 10.4 Å². The molecule has 0 amide bonds. The lowest BCUT2D eigenvalue weighted by molar-refractivity contribution is -0.191. The quantitative estimate of drug-likeness (QED) is 0.472. The van der Waals surface area contributed by atoms with Gasteiger partial charge in [0.05, 0.1) is 18.2 Å². The zero-order valence-corrected chi connectivity index (χ0v) is 21.4. The van der Waals surface area contributed by atoms with Gasteiger partial charge in [-0.15, -0.1) is 0 Å². The highest BCUT2D eigenvalue weighted by Gasteiger charge is 2.53. The minimum Gasteiger partial charge on any atom is -0.434 e. The predicted molar refractivity (Wildman–Crippen MR) is 131 cm³/mol. The van der Waals surface area contributed by atoms with Crippen molar-refractivity contribution in [3.8, 4) is 0 Å². The van der Waals surface area contributed by atoms with Crippen molar-refractivity contribution in [2.45, 2.75) is 64.0 Å². The molecule has 2 aromatic rings. The average Bonchev–Trinajstić information content (AvgIpc) is 3.05. The van der Waals surface area contributed by atoms with Crippen LogP contribution in [-0.4, -0.2) is 57.8 Å². The molecule has 1 saturated heterocycles. The van der Waals surface area contributed by atoms with E-state index < -0.39 is 20.1 Å². The van der Waals surface area contributed by atoms with Gasteiger partial charge in [0.2, 0.25) is 6.29 Å². The largest absolute Gasteiger partial charge is 0.434 e. The van der Waals surface area contributed by atoms with Gasteiger partial charge < -0.3 is 13.9 Å². The van der Waals surface area contributed by atoms with E-state index in [0.29, 0.717) is 6.61 Å². The lowest BCUT2D eigenvalue weighted by atomic mass is 9.95. The fraction of sp³-hybridized carbons (Fsp3) is 0.500. The molecular formula is C26H37NO4Si. The van der Waals surface area contributed by atoms with Crippen LogP contribution in [0.4, 0.5) is 0 Å². The highest BCUT2D eigenvalue weighted by atomic mass is 28.4. The molecule has 6 heteroatoms. The minimum atomic E-state index is -2.65. The molecule has 2 aromatic carbocycles. The van der Waals surface area contributed by atoms with Crippen LogP contribution in [0.15, 0.2) is 60.7 Å². The van der Waals surface area contributed by atoms with Crippen LogP contribution in [0.5, 0.6) is 0 Å². The van der Waals surface area contributed by atoms with Gasteiger partial charge in [0.25, 0.3) is 8.32 Å². The zero-order valence-electron chi connectivity index (χ0n) is 20.4. The Kier molecular flexibility index (Phi) is 7.30. The molecule has 3 atom stereocenters. The molecule has 0 aliphatic carbocycles. The van der Waals surface area contributed by atoms with Crippen molar-refractivity contribution in [3.05, 3.63) is 60.7 Å². The van der Waals surface area contributed by atoms with Crippen molar-refractivity contribution in [1.29, 1.82) is 0 Å². The van der Waals surface area contributed by atoms with Gasteiger partial charge in [-0.25, -0.2) is 0 Å². The summed E-state index contributed by atoms with van der Waals surface area (Å²) in [6.45, 7) is 10.7. The van der Waals surface area contributed by atoms with E-state index in [4.69, 9.17) is 13.9 Å². The maximum atomic E-state index is 11.7. The van der Waals surface area contributed by atoms with Crippen LogP contribution in [0.1, 0.15) is 41.0 Å². The molecule has 0 bridgehead atoms. The molecule has 1 aliphatic rings. The van der Waals surface area contributed by atoms with E-state index in [9.17, 15) is 4.79 Å². The number of carbonyl (C=O) groups is 1. The normalized spacial score (nSPS) is 24.0. The third kappa shape index (κ3) is 4.69. The molecule has 0 radical (unpaired) electrons. The summed E-state index contributed by atoms with van der Waals surface area (Å²) in [5, 5.41) is 2.38. The summed E-state index contributed by atoms with van der Waals surface area (Å²) < 4.78 is 18.8. The zero-order chi connectivity index (χ0) is 23.6. The van der Waals surface area contributed by atoms with Gasteiger partial charge in [-0.3, -0.25) is 9.69 Å². The number of esters is 1. The second-order valence-corrected chi connectivity index (χ2v) is 14.4. The molecule has 0 unspecified atom stereocenters. The molecular weight excluding hydrogens is 418 g/mol. The average molecular weight is 456 g/mol. The van der Waals surface area contributed by atoms with Gasteiger partial charge in [0, 0.05) is 13.3 Å². The number of benzene rings is 2. The molecule has 1 aliphatic heterocycles. The summed E-state index contributed by atoms with van der Waals surface area (Å²) in [6.07, 6.45) is -0.0768. The van der Waals surface area contributed by atoms with Gasteiger partial charge in [-0.1, -0.05) is 81.4 Å². The molecule has 32 heavy (non-hydrogen) atoms. The summed E-state index contributed by atoms with van der Waals surface area (Å²) in [5.74, 6) is -0.336. The number of hydrogen-bond acceptors (Lipinski definition) is 5. The predicted octanol–water partition coefficient (Wildman–Crippen LogP) is 3.56. The smallest absolute Gasteiger partial charge is 0.305 e. The Labute approximate surface area is 193 Å². The van der Waals surface area contributed by atoms with Crippen LogP contribution in [0.2, 0.25) is 5.04 Å². The van der Waals surface area contributed by atoms with Crippen molar-refractivity contribution < 1.29 is 18.7 Å². The van der Waals surface area contributed by atoms with E-state index in [0.717, 1.165) is 6.42 Å². The molecule has 1 fully saturated rings. The molecule has 3 rings (SSSR count). The van der Waals surface area contributed by atoms with E-state index >= 15 is 0 Å². The molecule has 0 N–H and O–H groups in total. The Hall–Kier alpha value is -1.99. The van der Waals surface area contributed by atoms with Crippen LogP contribution in [0.3, 0.4) is 0 Å². The fourth-order valence-electron chi connectivity index (χ4n) is 4.70. The minimum absolute atomic E-state index is 0.103. The van der Waals surface area contributed by atoms with Gasteiger partial charge >= 0.3 is 5.97 Å². The maximum Gasteiger partial charge on any atom is 0.305 e. The summed E-state index contributed by atoms with van der Waals surface area (Å²) in [5.41, 5.74) is -0.412. The first-order valence-corrected chi connectivity index (χ1v) is 13.2. The molecule has 0 aromatic heterocycles. The molecule has 5 nitrogen and oxygen atoms in total. The van der Waals surface area contributed by atoms with E-state index in [2.05, 4.69) is 81.1 Å². The molecule has 1 heterocycles. The van der Waals surface area contributed by atoms with Gasteiger partial charge in [-0.2, -0.15) is 0 Å². The molecule has 0 spiro atoms. The number of ether oxygens (including phenoxy) is 2. The first-order valence-electron chi connectivity index (χ1n) is 11.3. The lowest BCUT2D eigenvalue weighted by Gasteiger charge is -2.43. The second-order valence-electron chi connectivity index (χ2n) is 10.1. The van der Waals surface area contributed by atoms with Crippen LogP contribution in [-0.2, 0) is 18.7 Å². The summed E-state index contributed by atoms with van der Waals surface area (Å²) in [7, 11) is 1.34. The van der Waals surface area contributed by atoms with Crippen LogP contribution in [0, 0.1) is 0 Å². The highest BCUT2D eigenvalue weighted by molar-refractivity contribution is 6.99. The van der Waals surface area contributed by atoms with Crippen molar-refractivity contribution in [3.63, 3.8) is 0 Å². The Morgan fingerprint density at radius 2 is 1.56 bits per heavy atom. The second kappa shape index (κ2) is 9.47. The van der Waals surface area contributed by atoms with E-state index in [-0.39, 0.29) is 17.1 Å². The SMILES string of the molecule is CC(=O)O[C@@H]1O[C@H](CO[Si](c2ccccc2)(c2ccccc2)C(C)(C)C)C[C@]1(C)N(C)C. The van der Waals surface area contributed by atoms with Crippen molar-refractivity contribution >= 4 is 24.7 Å². The topological polar surface area (TPSA) is 48.0 Å². The number of carbonyl (C=O) groups excluding carboxylic acids is 1. The standard InChI is InChI=1S/C26H37NO4Si/c1-20(28)30-24-26(5,27(6)7)18-21(31-24)19-29-32(25(2,3)4,22-14-10-8-11-15-22)23-16-12-9-13-17-23/h8-17,21,24H,18-19H2,1-7H3/t21-,24+,26-/m0/s1. The number of likely N-dealkylation sites (N-methyl/N-ethyl adjacent to an activating group) is 1. The Bertz CT molecular complexity index is 858. The maximum absolute atomic E-state index is 11.7. The highest BCUT2D eigenvalue weighted by Crippen LogP contribution is 2.39. The number of hydrogen-bond donors (Lipinski definition) is 0. The molecule has 0 saturated carbocycles. The Morgan fingerprint density at radius 1 is 1.06 bits per heavy atom. The van der Waals surface area contributed by atoms with Crippen molar-refractivity contribution in [1.82, 2.24) is 4.90 Å². The van der Waals surface area contributed by atoms with Gasteiger partial charge in [0.1, 0.15) is 0 Å². The first-order chi connectivity index (χ1) is 15.0. The van der Waals surface area contributed by atoms with Crippen LogP contribution >= 0.6 is 0 Å². The van der Waals surface area contributed by atoms with Crippen LogP contribution in [0.25, 0.3) is 0 Å². The van der Waals surface area contributed by atoms with E-state index in [1.54, 1.807) is 0 Å². The number of rotatable bonds is 7. The first kappa shape index (κ1) is 24.6. The van der Waals surface area contributed by atoms with Gasteiger partial charge in [0.15, 0.2) is 0 Å². The van der Waals surface area contributed by atoms with E-state index in [1.807, 2.05) is 26.2 Å². The summed E-state index contributed by atoms with van der Waals surface area (Å²) in [6, 6.07) is 21.2.